The van der Waals surface area contributed by atoms with Gasteiger partial charge in [-0.2, -0.15) is 13.2 Å². The monoisotopic (exact) mass is 552 g/mol. The highest BCUT2D eigenvalue weighted by atomic mass is 19.4. The van der Waals surface area contributed by atoms with Crippen molar-refractivity contribution in [3.8, 4) is 0 Å². The van der Waals surface area contributed by atoms with Crippen molar-refractivity contribution in [2.24, 2.45) is 7.05 Å². The summed E-state index contributed by atoms with van der Waals surface area (Å²) in [6.07, 6.45) is -0.436. The molecule has 11 heteroatoms. The highest BCUT2D eigenvalue weighted by Gasteiger charge is 2.45. The topological polar surface area (TPSA) is 87.3 Å². The smallest absolute Gasteiger partial charge is 0.380 e. The van der Waals surface area contributed by atoms with E-state index < -0.39 is 17.6 Å². The lowest BCUT2D eigenvalue weighted by atomic mass is 9.61. The Hall–Kier alpha value is -3.57. The Bertz CT molecular complexity index is 1450. The van der Waals surface area contributed by atoms with Gasteiger partial charge in [0.25, 0.3) is 5.91 Å². The summed E-state index contributed by atoms with van der Waals surface area (Å²) >= 11 is 0. The van der Waals surface area contributed by atoms with E-state index in [9.17, 15) is 18.0 Å². The first-order valence-electron chi connectivity index (χ1n) is 13.5. The highest BCUT2D eigenvalue weighted by molar-refractivity contribution is 6.10. The number of amides is 1. The van der Waals surface area contributed by atoms with Gasteiger partial charge in [0.1, 0.15) is 12.2 Å². The zero-order valence-electron chi connectivity index (χ0n) is 22.3. The van der Waals surface area contributed by atoms with Crippen LogP contribution in [0.25, 0.3) is 0 Å². The number of ether oxygens (including phenoxy) is 1. The third-order valence-electron chi connectivity index (χ3n) is 8.30. The van der Waals surface area contributed by atoms with Gasteiger partial charge in [0, 0.05) is 62.1 Å². The molecule has 1 N–H and O–H groups in total. The van der Waals surface area contributed by atoms with Crippen molar-refractivity contribution in [2.45, 2.75) is 50.4 Å². The van der Waals surface area contributed by atoms with E-state index in [1.54, 1.807) is 18.5 Å². The lowest BCUT2D eigenvalue weighted by Crippen LogP contribution is -2.44. The number of halogens is 3. The Morgan fingerprint density at radius 1 is 1.12 bits per heavy atom. The second-order valence-electron chi connectivity index (χ2n) is 11.1. The molecule has 1 aliphatic carbocycles. The lowest BCUT2D eigenvalue weighted by Gasteiger charge is -2.43. The van der Waals surface area contributed by atoms with Crippen molar-refractivity contribution < 1.29 is 22.7 Å². The maximum atomic E-state index is 14.3. The van der Waals surface area contributed by atoms with Gasteiger partial charge in [-0.1, -0.05) is 12.1 Å². The van der Waals surface area contributed by atoms with Crippen LogP contribution in [0.2, 0.25) is 0 Å². The molecule has 2 aliphatic heterocycles. The summed E-state index contributed by atoms with van der Waals surface area (Å²) in [7, 11) is 1.87. The second kappa shape index (κ2) is 10.1. The SMILES string of the molecule is Cn1cnnc1CC1(c2cccc(N3Cc4c(cc(CN5CCCOCC5)cc4C(F)(F)F)C3=O)c2)CC(=N)C1. The minimum atomic E-state index is -4.58. The molecule has 1 amide bonds. The number of hydrogen-bond donors (Lipinski definition) is 1. The number of benzene rings is 2. The summed E-state index contributed by atoms with van der Waals surface area (Å²) in [4.78, 5) is 17.2. The van der Waals surface area contributed by atoms with Crippen LogP contribution in [0, 0.1) is 5.41 Å². The molecular formula is C29H31F3N6O2. The van der Waals surface area contributed by atoms with Crippen LogP contribution in [0.3, 0.4) is 0 Å². The van der Waals surface area contributed by atoms with Crippen LogP contribution in [0.1, 0.15) is 57.7 Å². The number of nitrogens with one attached hydrogen (secondary N) is 1. The number of rotatable bonds is 6. The molecule has 0 unspecified atom stereocenters. The molecule has 40 heavy (non-hydrogen) atoms. The molecule has 0 spiro atoms. The minimum absolute atomic E-state index is 0.0186. The van der Waals surface area contributed by atoms with Crippen molar-refractivity contribution in [3.05, 3.63) is 76.4 Å². The normalized spacial score (nSPS) is 21.9. The van der Waals surface area contributed by atoms with Gasteiger partial charge in [-0.05, 0) is 60.2 Å². The summed E-state index contributed by atoms with van der Waals surface area (Å²) in [6, 6.07) is 10.3. The van der Waals surface area contributed by atoms with Crippen LogP contribution < -0.4 is 4.90 Å². The molecule has 2 fully saturated rings. The van der Waals surface area contributed by atoms with Crippen LogP contribution in [-0.2, 0) is 42.9 Å². The Morgan fingerprint density at radius 2 is 1.95 bits per heavy atom. The maximum absolute atomic E-state index is 14.3. The minimum Gasteiger partial charge on any atom is -0.380 e. The molecule has 1 saturated heterocycles. The molecule has 3 aromatic rings. The molecule has 1 aromatic heterocycles. The number of aromatic nitrogens is 3. The van der Waals surface area contributed by atoms with Gasteiger partial charge >= 0.3 is 6.18 Å². The Kier molecular flexibility index (Phi) is 6.74. The summed E-state index contributed by atoms with van der Waals surface area (Å²) in [6.45, 7) is 2.74. The first-order valence-corrected chi connectivity index (χ1v) is 13.5. The van der Waals surface area contributed by atoms with E-state index in [0.29, 0.717) is 62.5 Å². The number of nitrogens with zero attached hydrogens (tertiary/aromatic N) is 5. The van der Waals surface area contributed by atoms with Crippen LogP contribution in [0.4, 0.5) is 18.9 Å². The van der Waals surface area contributed by atoms with Gasteiger partial charge in [0.15, 0.2) is 0 Å². The zero-order valence-corrected chi connectivity index (χ0v) is 22.3. The molecule has 2 aromatic carbocycles. The van der Waals surface area contributed by atoms with Crippen LogP contribution in [-0.4, -0.2) is 57.6 Å². The molecule has 8 nitrogen and oxygen atoms in total. The summed E-state index contributed by atoms with van der Waals surface area (Å²) in [5.74, 6) is 0.364. The molecular weight excluding hydrogens is 521 g/mol. The number of carbonyl (C=O) groups is 1. The highest BCUT2D eigenvalue weighted by Crippen LogP contribution is 2.46. The van der Waals surface area contributed by atoms with E-state index in [1.165, 1.54) is 11.0 Å². The van der Waals surface area contributed by atoms with Crippen molar-refractivity contribution in [1.82, 2.24) is 19.7 Å². The predicted octanol–water partition coefficient (Wildman–Crippen LogP) is 4.51. The van der Waals surface area contributed by atoms with Gasteiger partial charge in [-0.15, -0.1) is 10.2 Å². The molecule has 1 saturated carbocycles. The first kappa shape index (κ1) is 26.6. The van der Waals surface area contributed by atoms with E-state index in [-0.39, 0.29) is 23.1 Å². The van der Waals surface area contributed by atoms with E-state index >= 15 is 0 Å². The summed E-state index contributed by atoms with van der Waals surface area (Å²) in [5.41, 5.74) is 1.62. The van der Waals surface area contributed by atoms with Crippen LogP contribution in [0.15, 0.2) is 42.7 Å². The van der Waals surface area contributed by atoms with Crippen molar-refractivity contribution >= 4 is 17.3 Å². The van der Waals surface area contributed by atoms with E-state index in [0.717, 1.165) is 24.4 Å². The van der Waals surface area contributed by atoms with Gasteiger partial charge < -0.3 is 19.6 Å². The number of anilines is 1. The fourth-order valence-electron chi connectivity index (χ4n) is 6.20. The fourth-order valence-corrected chi connectivity index (χ4v) is 6.20. The lowest BCUT2D eigenvalue weighted by molar-refractivity contribution is -0.138. The van der Waals surface area contributed by atoms with Gasteiger partial charge in [0.05, 0.1) is 18.7 Å². The number of hydrogen-bond acceptors (Lipinski definition) is 6. The van der Waals surface area contributed by atoms with Crippen molar-refractivity contribution in [1.29, 1.82) is 5.41 Å². The number of carbonyl (C=O) groups excluding carboxylic acids is 1. The number of alkyl halides is 3. The van der Waals surface area contributed by atoms with Crippen LogP contribution in [0.5, 0.6) is 0 Å². The standard InChI is InChI=1S/C29H31F3N6O2/c1-36-18-34-35-26(36)15-28(13-21(33)14-28)20-4-2-5-22(12-20)38-17-24-23(27(38)39)10-19(11-25(24)29(30,31)32)16-37-6-3-8-40-9-7-37/h2,4-5,10-12,18,33H,3,6-9,13-17H2,1H3. The van der Waals surface area contributed by atoms with E-state index in [4.69, 9.17) is 10.1 Å². The van der Waals surface area contributed by atoms with Gasteiger partial charge in [-0.3, -0.25) is 9.69 Å². The van der Waals surface area contributed by atoms with E-state index in [1.807, 2.05) is 29.8 Å². The maximum Gasteiger partial charge on any atom is 0.416 e. The average Bonchev–Trinajstić information content (AvgIpc) is 3.33. The molecule has 6 rings (SSSR count). The molecule has 210 valence electrons. The number of fused-ring (bicyclic) bond motifs is 1. The quantitative estimate of drug-likeness (QED) is 0.486. The number of aryl methyl sites for hydroxylation is 1. The largest absolute Gasteiger partial charge is 0.416 e. The third kappa shape index (κ3) is 4.92. The van der Waals surface area contributed by atoms with Crippen molar-refractivity contribution in [3.63, 3.8) is 0 Å². The Balaban J connectivity index is 1.32. The first-order chi connectivity index (χ1) is 19.1. The molecule has 3 heterocycles. The summed E-state index contributed by atoms with van der Waals surface area (Å²) < 4.78 is 50.1. The Labute approximate surface area is 230 Å². The third-order valence-corrected chi connectivity index (χ3v) is 8.30. The van der Waals surface area contributed by atoms with E-state index in [2.05, 4.69) is 15.1 Å². The molecule has 3 aliphatic rings. The zero-order chi connectivity index (χ0) is 28.1. The molecule has 0 bridgehead atoms. The van der Waals surface area contributed by atoms with Crippen molar-refractivity contribution in [2.75, 3.05) is 31.2 Å². The Morgan fingerprint density at radius 3 is 2.67 bits per heavy atom. The summed E-state index contributed by atoms with van der Waals surface area (Å²) in [5, 5.41) is 16.3. The van der Waals surface area contributed by atoms with Gasteiger partial charge in [0.2, 0.25) is 0 Å². The average molecular weight is 553 g/mol. The fraction of sp³-hybridized carbons (Fsp3) is 0.448. The van der Waals surface area contributed by atoms with Gasteiger partial charge in [-0.25, -0.2) is 0 Å². The molecule has 0 atom stereocenters. The molecule has 0 radical (unpaired) electrons. The predicted molar refractivity (Wildman–Crippen MR) is 142 cm³/mol. The second-order valence-corrected chi connectivity index (χ2v) is 11.1. The van der Waals surface area contributed by atoms with Crippen LogP contribution >= 0.6 is 0 Å².